The summed E-state index contributed by atoms with van der Waals surface area (Å²) in [5.41, 5.74) is 1.69. The van der Waals surface area contributed by atoms with Gasteiger partial charge in [0.25, 0.3) is 0 Å². The molecule has 2 rings (SSSR count). The number of benzene rings is 1. The minimum absolute atomic E-state index is 0.0963. The van der Waals surface area contributed by atoms with Gasteiger partial charge in [0.15, 0.2) is 0 Å². The summed E-state index contributed by atoms with van der Waals surface area (Å²) in [6.45, 7) is 0.438. The number of pyridine rings is 1. The molecule has 2 aromatic rings. The maximum absolute atomic E-state index is 9.20. The van der Waals surface area contributed by atoms with Crippen LogP contribution in [0.5, 0.6) is 11.6 Å². The summed E-state index contributed by atoms with van der Waals surface area (Å²) in [5, 5.41) is 9.20. The average Bonchev–Trinajstić information content (AvgIpc) is 2.40. The lowest BCUT2D eigenvalue weighted by molar-refractivity contribution is 0.184. The number of ether oxygens (including phenoxy) is 2. The van der Waals surface area contributed by atoms with E-state index < -0.39 is 0 Å². The predicted octanol–water partition coefficient (Wildman–Crippen LogP) is 2.51. The molecule has 0 aliphatic rings. The van der Waals surface area contributed by atoms with Crippen molar-refractivity contribution in [2.45, 2.75) is 13.2 Å². The molecule has 1 aromatic carbocycles. The highest BCUT2D eigenvalue weighted by Crippen LogP contribution is 2.23. The third-order valence-corrected chi connectivity index (χ3v) is 2.44. The average molecular weight is 245 g/mol. The Morgan fingerprint density at radius 3 is 2.89 bits per heavy atom. The zero-order chi connectivity index (χ0) is 12.8. The van der Waals surface area contributed by atoms with Crippen LogP contribution in [0.2, 0.25) is 0 Å². The molecule has 0 amide bonds. The number of aromatic nitrogens is 1. The summed E-state index contributed by atoms with van der Waals surface area (Å²) >= 11 is 0. The number of nitrogens with zero attached hydrogens (tertiary/aromatic N) is 1. The topological polar surface area (TPSA) is 51.6 Å². The van der Waals surface area contributed by atoms with E-state index in [9.17, 15) is 5.11 Å². The summed E-state index contributed by atoms with van der Waals surface area (Å²) in [5.74, 6) is 1.10. The molecule has 0 fully saturated rings. The van der Waals surface area contributed by atoms with Gasteiger partial charge in [-0.1, -0.05) is 12.1 Å². The van der Waals surface area contributed by atoms with Gasteiger partial charge in [0.2, 0.25) is 5.88 Å². The molecule has 0 spiro atoms. The largest absolute Gasteiger partial charge is 0.439 e. The lowest BCUT2D eigenvalue weighted by atomic mass is 10.2. The van der Waals surface area contributed by atoms with Crippen LogP contribution in [0, 0.1) is 0 Å². The maximum atomic E-state index is 9.20. The third kappa shape index (κ3) is 3.06. The molecule has 0 unspecified atom stereocenters. The standard InChI is InChI=1S/C14H15NO3/c1-17-10-11-4-2-6-13(8-11)18-14-12(9-16)5-3-7-15-14/h2-8,16H,9-10H2,1H3. The monoisotopic (exact) mass is 245 g/mol. The Hall–Kier alpha value is -1.91. The van der Waals surface area contributed by atoms with Crippen molar-refractivity contribution in [2.75, 3.05) is 7.11 Å². The SMILES string of the molecule is COCc1cccc(Oc2ncccc2CO)c1. The van der Waals surface area contributed by atoms with Gasteiger partial charge in [-0.15, -0.1) is 0 Å². The molecule has 1 aromatic heterocycles. The molecule has 0 aliphatic heterocycles. The van der Waals surface area contributed by atoms with E-state index in [1.54, 1.807) is 25.4 Å². The highest BCUT2D eigenvalue weighted by Gasteiger charge is 2.05. The Morgan fingerprint density at radius 1 is 1.22 bits per heavy atom. The molecule has 18 heavy (non-hydrogen) atoms. The van der Waals surface area contributed by atoms with Crippen LogP contribution in [0.25, 0.3) is 0 Å². The Balaban J connectivity index is 2.20. The van der Waals surface area contributed by atoms with Gasteiger partial charge < -0.3 is 14.6 Å². The maximum Gasteiger partial charge on any atom is 0.224 e. The second-order valence-electron chi connectivity index (χ2n) is 3.81. The Kier molecular flexibility index (Phi) is 4.28. The Labute approximate surface area is 106 Å². The second kappa shape index (κ2) is 6.14. The van der Waals surface area contributed by atoms with Crippen LogP contribution >= 0.6 is 0 Å². The van der Waals surface area contributed by atoms with Crippen molar-refractivity contribution in [3.63, 3.8) is 0 Å². The number of hydrogen-bond donors (Lipinski definition) is 1. The van der Waals surface area contributed by atoms with Crippen LogP contribution < -0.4 is 4.74 Å². The van der Waals surface area contributed by atoms with E-state index >= 15 is 0 Å². The van der Waals surface area contributed by atoms with Crippen molar-refractivity contribution in [3.05, 3.63) is 53.7 Å². The first kappa shape index (κ1) is 12.5. The first-order valence-corrected chi connectivity index (χ1v) is 5.64. The van der Waals surface area contributed by atoms with Gasteiger partial charge in [-0.25, -0.2) is 4.98 Å². The van der Waals surface area contributed by atoms with Gasteiger partial charge in [-0.05, 0) is 29.8 Å². The molecule has 4 nitrogen and oxygen atoms in total. The number of aliphatic hydroxyl groups excluding tert-OH is 1. The number of hydrogen-bond acceptors (Lipinski definition) is 4. The van der Waals surface area contributed by atoms with E-state index in [-0.39, 0.29) is 6.61 Å². The first-order chi connectivity index (χ1) is 8.83. The second-order valence-corrected chi connectivity index (χ2v) is 3.81. The van der Waals surface area contributed by atoms with Gasteiger partial charge in [-0.2, -0.15) is 0 Å². The van der Waals surface area contributed by atoms with Crippen molar-refractivity contribution in [2.24, 2.45) is 0 Å². The van der Waals surface area contributed by atoms with Gasteiger partial charge in [-0.3, -0.25) is 0 Å². The Bertz CT molecular complexity index is 514. The lowest BCUT2D eigenvalue weighted by Crippen LogP contribution is -1.95. The Morgan fingerprint density at radius 2 is 2.11 bits per heavy atom. The van der Waals surface area contributed by atoms with Crippen molar-refractivity contribution < 1.29 is 14.6 Å². The number of aliphatic hydroxyl groups is 1. The van der Waals surface area contributed by atoms with E-state index in [4.69, 9.17) is 9.47 Å². The molecular formula is C14H15NO3. The molecule has 1 N–H and O–H groups in total. The van der Waals surface area contributed by atoms with E-state index in [0.717, 1.165) is 5.56 Å². The fraction of sp³-hybridized carbons (Fsp3) is 0.214. The molecule has 0 bridgehead atoms. The minimum atomic E-state index is -0.0963. The summed E-state index contributed by atoms with van der Waals surface area (Å²) in [6, 6.07) is 11.1. The van der Waals surface area contributed by atoms with E-state index in [2.05, 4.69) is 4.98 Å². The van der Waals surface area contributed by atoms with Crippen molar-refractivity contribution in [1.82, 2.24) is 4.98 Å². The van der Waals surface area contributed by atoms with Crippen LogP contribution in [0.4, 0.5) is 0 Å². The van der Waals surface area contributed by atoms with Crippen LogP contribution in [0.3, 0.4) is 0 Å². The number of methoxy groups -OCH3 is 1. The summed E-state index contributed by atoms with van der Waals surface area (Å²) in [7, 11) is 1.65. The molecule has 4 heteroatoms. The van der Waals surface area contributed by atoms with Crippen molar-refractivity contribution in [1.29, 1.82) is 0 Å². The first-order valence-electron chi connectivity index (χ1n) is 5.64. The van der Waals surface area contributed by atoms with Crippen LogP contribution in [-0.4, -0.2) is 17.2 Å². The van der Waals surface area contributed by atoms with E-state index in [1.165, 1.54) is 0 Å². The summed E-state index contributed by atoms with van der Waals surface area (Å²) in [4.78, 5) is 4.11. The van der Waals surface area contributed by atoms with Gasteiger partial charge in [0, 0.05) is 18.9 Å². The molecule has 1 heterocycles. The summed E-state index contributed by atoms with van der Waals surface area (Å²) < 4.78 is 10.7. The van der Waals surface area contributed by atoms with Crippen LogP contribution in [-0.2, 0) is 18.0 Å². The third-order valence-electron chi connectivity index (χ3n) is 2.44. The fourth-order valence-electron chi connectivity index (χ4n) is 1.61. The summed E-state index contributed by atoms with van der Waals surface area (Å²) in [6.07, 6.45) is 1.63. The molecule has 0 aliphatic carbocycles. The molecule has 0 saturated heterocycles. The molecule has 0 radical (unpaired) electrons. The smallest absolute Gasteiger partial charge is 0.224 e. The molecule has 94 valence electrons. The van der Waals surface area contributed by atoms with Crippen molar-refractivity contribution in [3.8, 4) is 11.6 Å². The zero-order valence-corrected chi connectivity index (χ0v) is 10.2. The van der Waals surface area contributed by atoms with E-state index in [1.807, 2.05) is 24.3 Å². The quantitative estimate of drug-likeness (QED) is 0.879. The fourth-order valence-corrected chi connectivity index (χ4v) is 1.61. The molecular weight excluding hydrogens is 230 g/mol. The van der Waals surface area contributed by atoms with Crippen molar-refractivity contribution >= 4 is 0 Å². The molecule has 0 saturated carbocycles. The highest BCUT2D eigenvalue weighted by atomic mass is 16.5. The highest BCUT2D eigenvalue weighted by molar-refractivity contribution is 5.34. The van der Waals surface area contributed by atoms with Gasteiger partial charge in [0.05, 0.1) is 13.2 Å². The zero-order valence-electron chi connectivity index (χ0n) is 10.2. The van der Waals surface area contributed by atoms with Gasteiger partial charge in [0.1, 0.15) is 5.75 Å². The molecule has 0 atom stereocenters. The predicted molar refractivity (Wildman–Crippen MR) is 67.4 cm³/mol. The van der Waals surface area contributed by atoms with Gasteiger partial charge >= 0.3 is 0 Å². The lowest BCUT2D eigenvalue weighted by Gasteiger charge is -2.09. The van der Waals surface area contributed by atoms with Crippen LogP contribution in [0.1, 0.15) is 11.1 Å². The number of rotatable bonds is 5. The van der Waals surface area contributed by atoms with E-state index in [0.29, 0.717) is 23.8 Å². The normalized spacial score (nSPS) is 10.3. The van der Waals surface area contributed by atoms with Crippen LogP contribution in [0.15, 0.2) is 42.6 Å². The minimum Gasteiger partial charge on any atom is -0.439 e.